The highest BCUT2D eigenvalue weighted by atomic mass is 16.5. The molecule has 2 saturated heterocycles. The summed E-state index contributed by atoms with van der Waals surface area (Å²) in [6.45, 7) is 7.14. The SMILES string of the molecule is Cc1c([C@@H](O)CN2CCC3(CC2)CCN(c2ccnnc2)CC3)ccc2c1COC2=O. The summed E-state index contributed by atoms with van der Waals surface area (Å²) in [4.78, 5) is 16.6. The molecule has 0 amide bonds. The van der Waals surface area contributed by atoms with Crippen molar-refractivity contribution >= 4 is 11.7 Å². The zero-order valence-corrected chi connectivity index (χ0v) is 18.1. The number of esters is 1. The number of hydrogen-bond donors (Lipinski definition) is 1. The van der Waals surface area contributed by atoms with Crippen LogP contribution in [-0.4, -0.2) is 58.9 Å². The number of hydrogen-bond acceptors (Lipinski definition) is 7. The lowest BCUT2D eigenvalue weighted by molar-refractivity contribution is 0.0448. The summed E-state index contributed by atoms with van der Waals surface area (Å²) in [5, 5.41) is 18.8. The van der Waals surface area contributed by atoms with Crippen molar-refractivity contribution in [1.29, 1.82) is 0 Å². The fourth-order valence-corrected chi connectivity index (χ4v) is 5.49. The van der Waals surface area contributed by atoms with Crippen LogP contribution < -0.4 is 4.90 Å². The Morgan fingerprint density at radius 3 is 2.55 bits per heavy atom. The fraction of sp³-hybridized carbons (Fsp3) is 0.542. The van der Waals surface area contributed by atoms with Gasteiger partial charge >= 0.3 is 5.97 Å². The molecule has 1 N–H and O–H groups in total. The zero-order chi connectivity index (χ0) is 21.4. The Hall–Kier alpha value is -2.51. The Bertz CT molecular complexity index is 947. The van der Waals surface area contributed by atoms with E-state index >= 15 is 0 Å². The topological polar surface area (TPSA) is 78.8 Å². The van der Waals surface area contributed by atoms with Gasteiger partial charge in [0.05, 0.1) is 29.7 Å². The van der Waals surface area contributed by atoms with Crippen LogP contribution in [0.1, 0.15) is 58.8 Å². The van der Waals surface area contributed by atoms with Crippen LogP contribution in [0.4, 0.5) is 5.69 Å². The van der Waals surface area contributed by atoms with Crippen LogP contribution in [0.5, 0.6) is 0 Å². The number of rotatable bonds is 4. The number of benzene rings is 1. The Kier molecular flexibility index (Phi) is 5.40. The van der Waals surface area contributed by atoms with Gasteiger partial charge in [-0.05, 0) is 74.4 Å². The molecule has 0 radical (unpaired) electrons. The van der Waals surface area contributed by atoms with E-state index in [1.54, 1.807) is 12.3 Å². The van der Waals surface area contributed by atoms with E-state index in [-0.39, 0.29) is 5.97 Å². The third kappa shape index (κ3) is 3.92. The fourth-order valence-electron chi connectivity index (χ4n) is 5.49. The number of nitrogens with zero attached hydrogens (tertiary/aromatic N) is 4. The number of fused-ring (bicyclic) bond motifs is 1. The molecular weight excluding hydrogens is 392 g/mol. The largest absolute Gasteiger partial charge is 0.457 e. The minimum absolute atomic E-state index is 0.258. The Morgan fingerprint density at radius 1 is 1.10 bits per heavy atom. The number of anilines is 1. The maximum Gasteiger partial charge on any atom is 0.338 e. The first-order chi connectivity index (χ1) is 15.0. The van der Waals surface area contributed by atoms with Gasteiger partial charge in [-0.2, -0.15) is 10.2 Å². The number of piperidine rings is 2. The molecule has 1 aromatic carbocycles. The molecule has 2 fully saturated rings. The lowest BCUT2D eigenvalue weighted by Crippen LogP contribution is -2.47. The summed E-state index contributed by atoms with van der Waals surface area (Å²) in [6, 6.07) is 5.73. The second kappa shape index (κ2) is 8.20. The first-order valence-corrected chi connectivity index (χ1v) is 11.3. The quantitative estimate of drug-likeness (QED) is 0.759. The van der Waals surface area contributed by atoms with Crippen molar-refractivity contribution in [1.82, 2.24) is 15.1 Å². The molecule has 31 heavy (non-hydrogen) atoms. The first kappa shape index (κ1) is 20.4. The van der Waals surface area contributed by atoms with Crippen molar-refractivity contribution in [2.24, 2.45) is 5.41 Å². The average molecular weight is 423 g/mol. The molecule has 4 heterocycles. The second-order valence-electron chi connectivity index (χ2n) is 9.29. The molecule has 1 aromatic heterocycles. The summed E-state index contributed by atoms with van der Waals surface area (Å²) in [5.41, 5.74) is 5.07. The third-order valence-electron chi connectivity index (χ3n) is 7.67. The number of aromatic nitrogens is 2. The maximum atomic E-state index is 11.8. The van der Waals surface area contributed by atoms with Crippen LogP contribution in [0.3, 0.4) is 0 Å². The van der Waals surface area contributed by atoms with Gasteiger partial charge in [-0.25, -0.2) is 4.79 Å². The number of β-amino-alcohol motifs (C(OH)–C–C–N with tert-alkyl or cyclic N) is 1. The van der Waals surface area contributed by atoms with Gasteiger partial charge in [0.25, 0.3) is 0 Å². The van der Waals surface area contributed by atoms with Crippen molar-refractivity contribution in [3.8, 4) is 0 Å². The number of carbonyl (C=O) groups is 1. The molecule has 7 nitrogen and oxygen atoms in total. The number of aliphatic hydroxyl groups excluding tert-OH is 1. The van der Waals surface area contributed by atoms with E-state index in [2.05, 4.69) is 20.0 Å². The molecule has 1 atom stereocenters. The van der Waals surface area contributed by atoms with E-state index in [0.717, 1.165) is 42.9 Å². The minimum Gasteiger partial charge on any atom is -0.457 e. The molecule has 0 aliphatic carbocycles. The molecule has 7 heteroatoms. The predicted octanol–water partition coefficient (Wildman–Crippen LogP) is 2.87. The van der Waals surface area contributed by atoms with Crippen molar-refractivity contribution < 1.29 is 14.6 Å². The van der Waals surface area contributed by atoms with E-state index in [0.29, 0.717) is 24.1 Å². The molecule has 2 aromatic rings. The first-order valence-electron chi connectivity index (χ1n) is 11.3. The average Bonchev–Trinajstić information content (AvgIpc) is 3.18. The number of cyclic esters (lactones) is 1. The van der Waals surface area contributed by atoms with Crippen LogP contribution >= 0.6 is 0 Å². The van der Waals surface area contributed by atoms with Gasteiger partial charge in [-0.3, -0.25) is 0 Å². The van der Waals surface area contributed by atoms with Gasteiger partial charge in [0.15, 0.2) is 0 Å². The number of ether oxygens (including phenoxy) is 1. The molecular formula is C24H30N4O3. The monoisotopic (exact) mass is 422 g/mol. The Balaban J connectivity index is 1.16. The smallest absolute Gasteiger partial charge is 0.338 e. The van der Waals surface area contributed by atoms with Gasteiger partial charge in [0.2, 0.25) is 0 Å². The van der Waals surface area contributed by atoms with E-state index < -0.39 is 6.10 Å². The van der Waals surface area contributed by atoms with Crippen LogP contribution in [0.25, 0.3) is 0 Å². The van der Waals surface area contributed by atoms with E-state index in [1.165, 1.54) is 31.4 Å². The molecule has 3 aliphatic rings. The summed E-state index contributed by atoms with van der Waals surface area (Å²) >= 11 is 0. The Morgan fingerprint density at radius 2 is 1.84 bits per heavy atom. The minimum atomic E-state index is -0.545. The van der Waals surface area contributed by atoms with Crippen LogP contribution in [-0.2, 0) is 11.3 Å². The molecule has 0 bridgehead atoms. The van der Waals surface area contributed by atoms with Crippen LogP contribution in [0.15, 0.2) is 30.6 Å². The summed E-state index contributed by atoms with van der Waals surface area (Å²) in [6.07, 6.45) is 7.87. The van der Waals surface area contributed by atoms with Crippen molar-refractivity contribution in [3.63, 3.8) is 0 Å². The van der Waals surface area contributed by atoms with Crippen molar-refractivity contribution in [2.75, 3.05) is 37.6 Å². The number of carbonyl (C=O) groups excluding carboxylic acids is 1. The second-order valence-corrected chi connectivity index (χ2v) is 9.29. The lowest BCUT2D eigenvalue weighted by Gasteiger charge is -2.47. The van der Waals surface area contributed by atoms with E-state index in [9.17, 15) is 9.90 Å². The van der Waals surface area contributed by atoms with Crippen LogP contribution in [0, 0.1) is 12.3 Å². The van der Waals surface area contributed by atoms with E-state index in [4.69, 9.17) is 4.74 Å². The summed E-state index contributed by atoms with van der Waals surface area (Å²) < 4.78 is 5.15. The molecule has 0 unspecified atom stereocenters. The number of likely N-dealkylation sites (tertiary alicyclic amines) is 1. The van der Waals surface area contributed by atoms with Gasteiger partial charge in [0, 0.05) is 25.2 Å². The molecule has 3 aliphatic heterocycles. The normalized spacial score (nSPS) is 21.7. The summed E-state index contributed by atoms with van der Waals surface area (Å²) in [7, 11) is 0. The Labute approximate surface area is 183 Å². The highest BCUT2D eigenvalue weighted by Gasteiger charge is 2.38. The molecule has 1 spiro atoms. The van der Waals surface area contributed by atoms with Crippen molar-refractivity contribution in [3.05, 3.63) is 52.8 Å². The third-order valence-corrected chi connectivity index (χ3v) is 7.67. The van der Waals surface area contributed by atoms with Gasteiger partial charge in [0.1, 0.15) is 6.61 Å². The molecule has 0 saturated carbocycles. The van der Waals surface area contributed by atoms with Crippen LogP contribution in [0.2, 0.25) is 0 Å². The highest BCUT2D eigenvalue weighted by Crippen LogP contribution is 2.42. The molecule has 164 valence electrons. The van der Waals surface area contributed by atoms with Gasteiger partial charge in [-0.15, -0.1) is 0 Å². The maximum absolute atomic E-state index is 11.8. The predicted molar refractivity (Wildman–Crippen MR) is 117 cm³/mol. The zero-order valence-electron chi connectivity index (χ0n) is 18.1. The van der Waals surface area contributed by atoms with E-state index in [1.807, 2.05) is 25.3 Å². The van der Waals surface area contributed by atoms with Gasteiger partial charge < -0.3 is 19.6 Å². The van der Waals surface area contributed by atoms with Gasteiger partial charge in [-0.1, -0.05) is 6.07 Å². The van der Waals surface area contributed by atoms with Crippen molar-refractivity contribution in [2.45, 2.75) is 45.3 Å². The lowest BCUT2D eigenvalue weighted by atomic mass is 9.71. The highest BCUT2D eigenvalue weighted by molar-refractivity contribution is 5.93. The number of aliphatic hydroxyl groups is 1. The standard InChI is InChI=1S/C24H30N4O3/c1-17-19(2-3-20-21(17)16-31-23(20)30)22(29)15-27-10-5-24(6-11-27)7-12-28(13-8-24)18-4-9-25-26-14-18/h2-4,9,14,22,29H,5-8,10-13,15-16H2,1H3/t22-/m0/s1. The summed E-state index contributed by atoms with van der Waals surface area (Å²) in [5.74, 6) is -0.258. The molecule has 5 rings (SSSR count).